The Bertz CT molecular complexity index is 905. The lowest BCUT2D eigenvalue weighted by Gasteiger charge is -2.16. The summed E-state index contributed by atoms with van der Waals surface area (Å²) in [5, 5.41) is 13.6. The number of para-hydroxylation sites is 1. The van der Waals surface area contributed by atoms with Gasteiger partial charge >= 0.3 is 5.97 Å². The number of fused-ring (bicyclic) bond motifs is 1. The van der Waals surface area contributed by atoms with Gasteiger partial charge in [-0.05, 0) is 44.2 Å². The van der Waals surface area contributed by atoms with Crippen LogP contribution in [0, 0.1) is 6.92 Å². The maximum atomic E-state index is 11.3. The van der Waals surface area contributed by atoms with Gasteiger partial charge in [-0.25, -0.2) is 0 Å². The molecule has 0 bridgehead atoms. The fraction of sp³-hybridized carbons (Fsp3) is 0.200. The van der Waals surface area contributed by atoms with Crippen LogP contribution in [0.4, 0.5) is 11.4 Å². The lowest BCUT2D eigenvalue weighted by molar-refractivity contribution is -0.136. The van der Waals surface area contributed by atoms with E-state index in [0.29, 0.717) is 12.2 Å². The maximum absolute atomic E-state index is 11.3. The molecule has 2 N–H and O–H groups in total. The Morgan fingerprint density at radius 2 is 1.88 bits per heavy atom. The summed E-state index contributed by atoms with van der Waals surface area (Å²) < 4.78 is 5.46. The number of benzene rings is 2. The molecule has 0 aliphatic rings. The van der Waals surface area contributed by atoms with E-state index in [9.17, 15) is 9.90 Å². The highest BCUT2D eigenvalue weighted by atomic mass is 16.5. The predicted molar refractivity (Wildman–Crippen MR) is 98.7 cm³/mol. The van der Waals surface area contributed by atoms with Crippen molar-refractivity contribution in [1.29, 1.82) is 0 Å². The van der Waals surface area contributed by atoms with Crippen LogP contribution >= 0.6 is 0 Å². The first-order chi connectivity index (χ1) is 12.1. The summed E-state index contributed by atoms with van der Waals surface area (Å²) in [5.41, 5.74) is 3.90. The van der Waals surface area contributed by atoms with Crippen LogP contribution in [0.1, 0.15) is 18.2 Å². The van der Waals surface area contributed by atoms with Crippen LogP contribution in [-0.4, -0.2) is 22.7 Å². The first kappa shape index (κ1) is 16.8. The van der Waals surface area contributed by atoms with Gasteiger partial charge in [0.05, 0.1) is 24.2 Å². The second kappa shape index (κ2) is 7.21. The molecule has 0 aliphatic heterocycles. The van der Waals surface area contributed by atoms with Crippen LogP contribution < -0.4 is 10.1 Å². The molecule has 0 spiro atoms. The van der Waals surface area contributed by atoms with Crippen molar-refractivity contribution in [2.75, 3.05) is 11.9 Å². The zero-order chi connectivity index (χ0) is 17.8. The zero-order valence-corrected chi connectivity index (χ0v) is 14.2. The molecule has 1 heterocycles. The number of hydrogen-bond donors (Lipinski definition) is 2. The first-order valence-corrected chi connectivity index (χ1v) is 8.18. The van der Waals surface area contributed by atoms with Gasteiger partial charge in [0.1, 0.15) is 5.75 Å². The molecule has 0 radical (unpaired) electrons. The number of aryl methyl sites for hydroxylation is 1. The first-order valence-electron chi connectivity index (χ1n) is 8.18. The van der Waals surface area contributed by atoms with E-state index < -0.39 is 5.97 Å². The second-order valence-electron chi connectivity index (χ2n) is 5.72. The SMILES string of the molecule is CCOc1ccc(Nc2c(CC(=O)O)c(C)nc3ccccc23)cc1. The van der Waals surface area contributed by atoms with Crippen molar-refractivity contribution >= 4 is 28.2 Å². The Kier molecular flexibility index (Phi) is 4.84. The summed E-state index contributed by atoms with van der Waals surface area (Å²) in [4.78, 5) is 15.9. The normalized spacial score (nSPS) is 10.6. The summed E-state index contributed by atoms with van der Waals surface area (Å²) in [7, 11) is 0. The van der Waals surface area contributed by atoms with Crippen molar-refractivity contribution in [2.24, 2.45) is 0 Å². The smallest absolute Gasteiger partial charge is 0.307 e. The summed E-state index contributed by atoms with van der Waals surface area (Å²) in [6.07, 6.45) is -0.0803. The van der Waals surface area contributed by atoms with E-state index in [4.69, 9.17) is 4.74 Å². The third-order valence-electron chi connectivity index (χ3n) is 3.96. The standard InChI is InChI=1S/C20H20N2O3/c1-3-25-15-10-8-14(9-11-15)22-20-16-6-4-5-7-18(16)21-13(2)17(20)12-19(23)24/h4-11H,3,12H2,1-2H3,(H,21,22)(H,23,24). The molecule has 0 amide bonds. The topological polar surface area (TPSA) is 71.5 Å². The van der Waals surface area contributed by atoms with Crippen LogP contribution in [0.2, 0.25) is 0 Å². The maximum Gasteiger partial charge on any atom is 0.307 e. The van der Waals surface area contributed by atoms with Gasteiger partial charge in [0.15, 0.2) is 0 Å². The molecule has 0 fully saturated rings. The number of carboxylic acids is 1. The third kappa shape index (κ3) is 3.71. The van der Waals surface area contributed by atoms with Crippen molar-refractivity contribution in [3.05, 3.63) is 59.8 Å². The highest BCUT2D eigenvalue weighted by Crippen LogP contribution is 2.32. The summed E-state index contributed by atoms with van der Waals surface area (Å²) in [6.45, 7) is 4.40. The van der Waals surface area contributed by atoms with E-state index in [1.807, 2.05) is 62.4 Å². The minimum Gasteiger partial charge on any atom is -0.494 e. The van der Waals surface area contributed by atoms with Crippen molar-refractivity contribution < 1.29 is 14.6 Å². The number of ether oxygens (including phenoxy) is 1. The molecule has 25 heavy (non-hydrogen) atoms. The Hall–Kier alpha value is -3.08. The van der Waals surface area contributed by atoms with Crippen molar-refractivity contribution in [3.8, 4) is 5.75 Å². The molecule has 5 nitrogen and oxygen atoms in total. The average Bonchev–Trinajstić information content (AvgIpc) is 2.59. The number of nitrogens with zero attached hydrogens (tertiary/aromatic N) is 1. The number of carbonyl (C=O) groups is 1. The van der Waals surface area contributed by atoms with E-state index in [-0.39, 0.29) is 6.42 Å². The summed E-state index contributed by atoms with van der Waals surface area (Å²) in [5.74, 6) is -0.0792. The molecule has 5 heteroatoms. The Morgan fingerprint density at radius 3 is 2.56 bits per heavy atom. The molecular formula is C20H20N2O3. The molecule has 1 aromatic heterocycles. The van der Waals surface area contributed by atoms with E-state index in [0.717, 1.165) is 33.7 Å². The molecule has 0 saturated heterocycles. The van der Waals surface area contributed by atoms with Gasteiger partial charge in [-0.3, -0.25) is 9.78 Å². The quantitative estimate of drug-likeness (QED) is 0.702. The fourth-order valence-corrected chi connectivity index (χ4v) is 2.83. The number of carboxylic acid groups (broad SMARTS) is 1. The van der Waals surface area contributed by atoms with Gasteiger partial charge in [0.2, 0.25) is 0 Å². The van der Waals surface area contributed by atoms with E-state index >= 15 is 0 Å². The van der Waals surface area contributed by atoms with Crippen molar-refractivity contribution in [3.63, 3.8) is 0 Å². The van der Waals surface area contributed by atoms with Crippen molar-refractivity contribution in [2.45, 2.75) is 20.3 Å². The lowest BCUT2D eigenvalue weighted by atomic mass is 10.0. The highest BCUT2D eigenvalue weighted by molar-refractivity contribution is 5.96. The Morgan fingerprint density at radius 1 is 1.16 bits per heavy atom. The molecular weight excluding hydrogens is 316 g/mol. The van der Waals surface area contributed by atoms with Crippen molar-refractivity contribution in [1.82, 2.24) is 4.98 Å². The van der Waals surface area contributed by atoms with Gasteiger partial charge in [-0.1, -0.05) is 18.2 Å². The van der Waals surface area contributed by atoms with E-state index in [2.05, 4.69) is 10.3 Å². The van der Waals surface area contributed by atoms with Gasteiger partial charge < -0.3 is 15.2 Å². The van der Waals surface area contributed by atoms with E-state index in [1.54, 1.807) is 0 Å². The van der Waals surface area contributed by atoms with Gasteiger partial charge in [0, 0.05) is 22.3 Å². The van der Waals surface area contributed by atoms with Crippen LogP contribution in [0.25, 0.3) is 10.9 Å². The zero-order valence-electron chi connectivity index (χ0n) is 14.2. The average molecular weight is 336 g/mol. The Labute approximate surface area is 146 Å². The number of rotatable bonds is 6. The number of aliphatic carboxylic acids is 1. The van der Waals surface area contributed by atoms with Gasteiger partial charge in [-0.2, -0.15) is 0 Å². The van der Waals surface area contributed by atoms with Crippen LogP contribution in [0.15, 0.2) is 48.5 Å². The summed E-state index contributed by atoms with van der Waals surface area (Å²) in [6, 6.07) is 15.3. The van der Waals surface area contributed by atoms with Crippen LogP contribution in [0.5, 0.6) is 5.75 Å². The molecule has 3 rings (SSSR count). The lowest BCUT2D eigenvalue weighted by Crippen LogP contribution is -2.08. The summed E-state index contributed by atoms with van der Waals surface area (Å²) >= 11 is 0. The fourth-order valence-electron chi connectivity index (χ4n) is 2.83. The molecule has 0 aliphatic carbocycles. The molecule has 0 saturated carbocycles. The molecule has 128 valence electrons. The Balaban J connectivity index is 2.07. The number of nitrogens with one attached hydrogen (secondary N) is 1. The number of anilines is 2. The number of pyridine rings is 1. The van der Waals surface area contributed by atoms with Gasteiger partial charge in [0.25, 0.3) is 0 Å². The second-order valence-corrected chi connectivity index (χ2v) is 5.72. The monoisotopic (exact) mass is 336 g/mol. The van der Waals surface area contributed by atoms with Crippen LogP contribution in [-0.2, 0) is 11.2 Å². The third-order valence-corrected chi connectivity index (χ3v) is 3.96. The minimum atomic E-state index is -0.880. The van der Waals surface area contributed by atoms with Crippen LogP contribution in [0.3, 0.4) is 0 Å². The number of aromatic nitrogens is 1. The number of hydrogen-bond acceptors (Lipinski definition) is 4. The minimum absolute atomic E-state index is 0.0803. The van der Waals surface area contributed by atoms with E-state index in [1.165, 1.54) is 0 Å². The largest absolute Gasteiger partial charge is 0.494 e. The molecule has 2 aromatic carbocycles. The molecule has 0 unspecified atom stereocenters. The molecule has 3 aromatic rings. The molecule has 0 atom stereocenters. The predicted octanol–water partition coefficient (Wildman–Crippen LogP) is 4.31. The highest BCUT2D eigenvalue weighted by Gasteiger charge is 2.15. The van der Waals surface area contributed by atoms with Gasteiger partial charge in [-0.15, -0.1) is 0 Å².